The summed E-state index contributed by atoms with van der Waals surface area (Å²) in [6, 6.07) is 22.5. The van der Waals surface area contributed by atoms with E-state index >= 15 is 0 Å². The minimum atomic E-state index is -0.414. The zero-order valence-corrected chi connectivity index (χ0v) is 18.7. The second-order valence-corrected chi connectivity index (χ2v) is 8.14. The zero-order chi connectivity index (χ0) is 22.8. The standard InChI is InChI=1S/C27H26N2O3/c1-17(2)19-13-15-21(16-14-19)28-25-24(20-11-9-18(3)10-12-20)26(30)29(27(25)31)22-7-5-6-8-23(22)32-4/h5-17,28H,1-4H3. The van der Waals surface area contributed by atoms with Crippen LogP contribution in [0.4, 0.5) is 11.4 Å². The van der Waals surface area contributed by atoms with E-state index in [4.69, 9.17) is 4.74 Å². The van der Waals surface area contributed by atoms with Gasteiger partial charge in [0, 0.05) is 5.69 Å². The van der Waals surface area contributed by atoms with Crippen LogP contribution in [0.3, 0.4) is 0 Å². The molecule has 0 spiro atoms. The molecule has 1 aliphatic heterocycles. The molecule has 5 nitrogen and oxygen atoms in total. The highest BCUT2D eigenvalue weighted by molar-refractivity contribution is 6.46. The third kappa shape index (κ3) is 3.89. The molecule has 4 rings (SSSR count). The normalized spacial score (nSPS) is 13.8. The largest absolute Gasteiger partial charge is 0.495 e. The smallest absolute Gasteiger partial charge is 0.282 e. The molecule has 0 saturated carbocycles. The predicted molar refractivity (Wildman–Crippen MR) is 128 cm³/mol. The van der Waals surface area contributed by atoms with E-state index in [9.17, 15) is 9.59 Å². The lowest BCUT2D eigenvalue weighted by Gasteiger charge is -2.18. The summed E-state index contributed by atoms with van der Waals surface area (Å²) >= 11 is 0. The highest BCUT2D eigenvalue weighted by Crippen LogP contribution is 2.37. The van der Waals surface area contributed by atoms with Gasteiger partial charge < -0.3 is 10.1 Å². The Bertz CT molecular complexity index is 1190. The molecule has 3 aromatic rings. The molecule has 162 valence electrons. The Morgan fingerprint density at radius 2 is 1.50 bits per heavy atom. The van der Waals surface area contributed by atoms with Gasteiger partial charge in [-0.3, -0.25) is 9.59 Å². The second-order valence-electron chi connectivity index (χ2n) is 8.14. The second kappa shape index (κ2) is 8.71. The van der Waals surface area contributed by atoms with E-state index in [1.165, 1.54) is 17.6 Å². The monoisotopic (exact) mass is 426 g/mol. The summed E-state index contributed by atoms with van der Waals surface area (Å²) in [5, 5.41) is 3.21. The van der Waals surface area contributed by atoms with Crippen LogP contribution < -0.4 is 15.0 Å². The molecule has 5 heteroatoms. The van der Waals surface area contributed by atoms with Crippen molar-refractivity contribution in [3.8, 4) is 5.75 Å². The summed E-state index contributed by atoms with van der Waals surface area (Å²) in [7, 11) is 1.52. The lowest BCUT2D eigenvalue weighted by molar-refractivity contribution is -0.120. The molecule has 1 aliphatic rings. The summed E-state index contributed by atoms with van der Waals surface area (Å²) < 4.78 is 5.42. The summed E-state index contributed by atoms with van der Waals surface area (Å²) in [4.78, 5) is 28.3. The van der Waals surface area contributed by atoms with Crippen molar-refractivity contribution in [2.45, 2.75) is 26.7 Å². The molecule has 0 atom stereocenters. The first kappa shape index (κ1) is 21.4. The van der Waals surface area contributed by atoms with Crippen LogP contribution in [0.1, 0.15) is 36.5 Å². The third-order valence-electron chi connectivity index (χ3n) is 5.60. The number of nitrogens with zero attached hydrogens (tertiary/aromatic N) is 1. The molecule has 3 aromatic carbocycles. The summed E-state index contributed by atoms with van der Waals surface area (Å²) in [6.07, 6.45) is 0. The first-order valence-corrected chi connectivity index (χ1v) is 10.6. The van der Waals surface area contributed by atoms with Crippen LogP contribution in [0.15, 0.2) is 78.5 Å². The molecule has 0 bridgehead atoms. The molecule has 0 saturated heterocycles. The number of nitrogens with one attached hydrogen (secondary N) is 1. The van der Waals surface area contributed by atoms with Gasteiger partial charge in [0.1, 0.15) is 11.4 Å². The number of carbonyl (C=O) groups excluding carboxylic acids is 2. The van der Waals surface area contributed by atoms with E-state index in [1.807, 2.05) is 55.5 Å². The van der Waals surface area contributed by atoms with E-state index in [0.717, 1.165) is 11.3 Å². The number of imide groups is 1. The lowest BCUT2D eigenvalue weighted by atomic mass is 10.0. The molecule has 1 N–H and O–H groups in total. The van der Waals surface area contributed by atoms with E-state index in [1.54, 1.807) is 24.3 Å². The molecular weight excluding hydrogens is 400 g/mol. The SMILES string of the molecule is COc1ccccc1N1C(=O)C(Nc2ccc(C(C)C)cc2)=C(c2ccc(C)cc2)C1=O. The molecule has 2 amide bonds. The van der Waals surface area contributed by atoms with E-state index in [2.05, 4.69) is 19.2 Å². The summed E-state index contributed by atoms with van der Waals surface area (Å²) in [6.45, 7) is 6.24. The average molecular weight is 427 g/mol. The Kier molecular flexibility index (Phi) is 5.82. The van der Waals surface area contributed by atoms with Crippen molar-refractivity contribution in [2.24, 2.45) is 0 Å². The van der Waals surface area contributed by atoms with Crippen molar-refractivity contribution in [2.75, 3.05) is 17.3 Å². The number of anilines is 2. The Hall–Kier alpha value is -3.86. The van der Waals surface area contributed by atoms with Gasteiger partial charge in [0.25, 0.3) is 11.8 Å². The minimum absolute atomic E-state index is 0.252. The number of methoxy groups -OCH3 is 1. The fraction of sp³-hybridized carbons (Fsp3) is 0.185. The minimum Gasteiger partial charge on any atom is -0.495 e. The Balaban J connectivity index is 1.80. The zero-order valence-electron chi connectivity index (χ0n) is 18.7. The van der Waals surface area contributed by atoms with Crippen LogP contribution in [0.2, 0.25) is 0 Å². The van der Waals surface area contributed by atoms with Gasteiger partial charge in [-0.1, -0.05) is 67.9 Å². The van der Waals surface area contributed by atoms with E-state index in [0.29, 0.717) is 28.5 Å². The summed E-state index contributed by atoms with van der Waals surface area (Å²) in [5.41, 5.74) is 4.72. The topological polar surface area (TPSA) is 58.6 Å². The molecule has 0 unspecified atom stereocenters. The maximum absolute atomic E-state index is 13.6. The van der Waals surface area contributed by atoms with Crippen LogP contribution in [-0.4, -0.2) is 18.9 Å². The first-order valence-electron chi connectivity index (χ1n) is 10.6. The van der Waals surface area contributed by atoms with Crippen LogP contribution >= 0.6 is 0 Å². The number of carbonyl (C=O) groups is 2. The number of amides is 2. The average Bonchev–Trinajstić information content (AvgIpc) is 3.04. The predicted octanol–water partition coefficient (Wildman–Crippen LogP) is 5.52. The van der Waals surface area contributed by atoms with Gasteiger partial charge in [-0.2, -0.15) is 0 Å². The van der Waals surface area contributed by atoms with Gasteiger partial charge in [-0.05, 0) is 48.2 Å². The Morgan fingerprint density at radius 3 is 2.12 bits per heavy atom. The Labute approximate surface area is 188 Å². The number of benzene rings is 3. The van der Waals surface area contributed by atoms with Crippen LogP contribution in [0.5, 0.6) is 5.75 Å². The maximum Gasteiger partial charge on any atom is 0.282 e. The van der Waals surface area contributed by atoms with Gasteiger partial charge >= 0.3 is 0 Å². The number of hydrogen-bond acceptors (Lipinski definition) is 4. The number of rotatable bonds is 6. The van der Waals surface area contributed by atoms with Crippen molar-refractivity contribution in [3.63, 3.8) is 0 Å². The molecular formula is C27H26N2O3. The van der Waals surface area contributed by atoms with Crippen molar-refractivity contribution < 1.29 is 14.3 Å². The molecule has 0 aromatic heterocycles. The quantitative estimate of drug-likeness (QED) is 0.527. The molecule has 0 radical (unpaired) electrons. The molecule has 32 heavy (non-hydrogen) atoms. The van der Waals surface area contributed by atoms with Gasteiger partial charge in [0.2, 0.25) is 0 Å². The summed E-state index contributed by atoms with van der Waals surface area (Å²) in [5.74, 6) is 0.0646. The van der Waals surface area contributed by atoms with Crippen LogP contribution in [0, 0.1) is 6.92 Å². The van der Waals surface area contributed by atoms with Crippen molar-refractivity contribution in [1.29, 1.82) is 0 Å². The number of hydrogen-bond donors (Lipinski definition) is 1. The van der Waals surface area contributed by atoms with Crippen molar-refractivity contribution in [3.05, 3.63) is 95.2 Å². The third-order valence-corrected chi connectivity index (χ3v) is 5.60. The van der Waals surface area contributed by atoms with Crippen molar-refractivity contribution in [1.82, 2.24) is 0 Å². The highest BCUT2D eigenvalue weighted by atomic mass is 16.5. The maximum atomic E-state index is 13.6. The highest BCUT2D eigenvalue weighted by Gasteiger charge is 2.41. The molecule has 1 heterocycles. The van der Waals surface area contributed by atoms with Gasteiger partial charge in [-0.25, -0.2) is 4.90 Å². The molecule has 0 fully saturated rings. The Morgan fingerprint density at radius 1 is 0.844 bits per heavy atom. The number of aryl methyl sites for hydroxylation is 1. The van der Waals surface area contributed by atoms with Gasteiger partial charge in [-0.15, -0.1) is 0 Å². The van der Waals surface area contributed by atoms with Gasteiger partial charge in [0.15, 0.2) is 0 Å². The van der Waals surface area contributed by atoms with E-state index in [-0.39, 0.29) is 11.6 Å². The number of para-hydroxylation sites is 2. The fourth-order valence-corrected chi connectivity index (χ4v) is 3.76. The lowest BCUT2D eigenvalue weighted by Crippen LogP contribution is -2.32. The van der Waals surface area contributed by atoms with Crippen LogP contribution in [-0.2, 0) is 9.59 Å². The van der Waals surface area contributed by atoms with Crippen molar-refractivity contribution >= 4 is 28.8 Å². The fourth-order valence-electron chi connectivity index (χ4n) is 3.76. The van der Waals surface area contributed by atoms with Crippen LogP contribution in [0.25, 0.3) is 5.57 Å². The first-order chi connectivity index (χ1) is 15.4. The molecule has 0 aliphatic carbocycles. The number of ether oxygens (including phenoxy) is 1. The van der Waals surface area contributed by atoms with E-state index < -0.39 is 5.91 Å². The van der Waals surface area contributed by atoms with Gasteiger partial charge in [0.05, 0.1) is 18.4 Å².